The molecule has 0 unspecified atom stereocenters. The Bertz CT molecular complexity index is 571. The number of carbonyl (C=O) groups is 1. The number of aromatic nitrogens is 1. The molecule has 0 radical (unpaired) electrons. The van der Waals surface area contributed by atoms with Crippen LogP contribution in [-0.4, -0.2) is 18.1 Å². The van der Waals surface area contributed by atoms with Gasteiger partial charge in [-0.2, -0.15) is 0 Å². The molecule has 0 aliphatic rings. The molecule has 5 heteroatoms. The molecule has 16 heavy (non-hydrogen) atoms. The normalized spacial score (nSPS) is 10.4. The Kier molecular flexibility index (Phi) is 2.87. The van der Waals surface area contributed by atoms with Crippen molar-refractivity contribution < 1.29 is 13.9 Å². The molecule has 0 saturated carbocycles. The summed E-state index contributed by atoms with van der Waals surface area (Å²) in [6, 6.07) is 5.83. The van der Waals surface area contributed by atoms with Crippen molar-refractivity contribution in [2.24, 2.45) is 0 Å². The number of fused-ring (bicyclic) bond motifs is 1. The highest BCUT2D eigenvalue weighted by Crippen LogP contribution is 2.24. The number of pyridine rings is 1. The zero-order chi connectivity index (χ0) is 11.7. The highest BCUT2D eigenvalue weighted by molar-refractivity contribution is 9.10. The maximum atomic E-state index is 13.4. The Labute approximate surface area is 99.4 Å². The van der Waals surface area contributed by atoms with E-state index in [9.17, 15) is 9.18 Å². The van der Waals surface area contributed by atoms with Crippen LogP contribution in [0.2, 0.25) is 0 Å². The van der Waals surface area contributed by atoms with Gasteiger partial charge in [-0.05, 0) is 40.2 Å². The number of nitrogens with zero attached hydrogens (tertiary/aromatic N) is 1. The van der Waals surface area contributed by atoms with E-state index in [0.29, 0.717) is 15.4 Å². The summed E-state index contributed by atoms with van der Waals surface area (Å²) < 4.78 is 18.6. The Balaban J connectivity index is 2.70. The molecule has 0 amide bonds. The summed E-state index contributed by atoms with van der Waals surface area (Å²) in [7, 11) is 1.27. The molecule has 3 nitrogen and oxygen atoms in total. The van der Waals surface area contributed by atoms with Crippen LogP contribution in [0.4, 0.5) is 4.39 Å². The highest BCUT2D eigenvalue weighted by atomic mass is 79.9. The van der Waals surface area contributed by atoms with Gasteiger partial charge in [0, 0.05) is 9.86 Å². The molecule has 0 fully saturated rings. The summed E-state index contributed by atoms with van der Waals surface area (Å²) in [5, 5.41) is 0.363. The van der Waals surface area contributed by atoms with E-state index in [1.165, 1.54) is 25.3 Å². The SMILES string of the molecule is COC(=O)c1ccc2c(F)ccc(Br)c2n1. The molecule has 0 aliphatic carbocycles. The van der Waals surface area contributed by atoms with E-state index in [-0.39, 0.29) is 11.5 Å². The van der Waals surface area contributed by atoms with Gasteiger partial charge in [-0.25, -0.2) is 14.2 Å². The molecular formula is C11H7BrFNO2. The van der Waals surface area contributed by atoms with Crippen LogP contribution in [0.3, 0.4) is 0 Å². The van der Waals surface area contributed by atoms with E-state index >= 15 is 0 Å². The summed E-state index contributed by atoms with van der Waals surface area (Å²) in [6.45, 7) is 0. The van der Waals surface area contributed by atoms with Crippen LogP contribution in [0.1, 0.15) is 10.5 Å². The first-order valence-corrected chi connectivity index (χ1v) is 5.26. The first kappa shape index (κ1) is 11.0. The molecule has 1 heterocycles. The lowest BCUT2D eigenvalue weighted by Crippen LogP contribution is -2.04. The summed E-state index contributed by atoms with van der Waals surface area (Å²) in [5.41, 5.74) is 0.559. The Morgan fingerprint density at radius 1 is 1.38 bits per heavy atom. The Morgan fingerprint density at radius 2 is 2.12 bits per heavy atom. The number of ether oxygens (including phenoxy) is 1. The third-order valence-electron chi connectivity index (χ3n) is 2.15. The quantitative estimate of drug-likeness (QED) is 0.756. The van der Waals surface area contributed by atoms with Crippen molar-refractivity contribution >= 4 is 32.8 Å². The van der Waals surface area contributed by atoms with Crippen molar-refractivity contribution in [1.29, 1.82) is 0 Å². The van der Waals surface area contributed by atoms with Gasteiger partial charge < -0.3 is 4.74 Å². The van der Waals surface area contributed by atoms with Crippen LogP contribution < -0.4 is 0 Å². The Hall–Kier alpha value is -1.49. The van der Waals surface area contributed by atoms with E-state index in [2.05, 4.69) is 25.7 Å². The van der Waals surface area contributed by atoms with Gasteiger partial charge in [0.2, 0.25) is 0 Å². The van der Waals surface area contributed by atoms with Crippen LogP contribution in [0.5, 0.6) is 0 Å². The van der Waals surface area contributed by atoms with Gasteiger partial charge in [-0.3, -0.25) is 0 Å². The molecule has 1 aromatic heterocycles. The first-order valence-electron chi connectivity index (χ1n) is 4.46. The lowest BCUT2D eigenvalue weighted by Gasteiger charge is -2.03. The number of benzene rings is 1. The van der Waals surface area contributed by atoms with Crippen molar-refractivity contribution in [1.82, 2.24) is 4.98 Å². The first-order chi connectivity index (χ1) is 7.63. The molecule has 2 rings (SSSR count). The third-order valence-corrected chi connectivity index (χ3v) is 2.79. The molecule has 0 aliphatic heterocycles. The minimum Gasteiger partial charge on any atom is -0.464 e. The lowest BCUT2D eigenvalue weighted by molar-refractivity contribution is 0.0594. The highest BCUT2D eigenvalue weighted by Gasteiger charge is 2.11. The smallest absolute Gasteiger partial charge is 0.356 e. The van der Waals surface area contributed by atoms with Crippen LogP contribution in [0.25, 0.3) is 10.9 Å². The average Bonchev–Trinajstić information content (AvgIpc) is 2.32. The molecule has 2 aromatic rings. The van der Waals surface area contributed by atoms with Crippen LogP contribution in [-0.2, 0) is 4.74 Å². The number of carbonyl (C=O) groups excluding carboxylic acids is 1. The molecule has 82 valence electrons. The third kappa shape index (κ3) is 1.78. The molecule has 1 aromatic carbocycles. The predicted molar refractivity (Wildman–Crippen MR) is 60.7 cm³/mol. The van der Waals surface area contributed by atoms with Gasteiger partial charge in [0.1, 0.15) is 11.5 Å². The van der Waals surface area contributed by atoms with E-state index < -0.39 is 5.97 Å². The number of methoxy groups -OCH3 is 1. The fourth-order valence-corrected chi connectivity index (χ4v) is 1.80. The molecule has 0 N–H and O–H groups in total. The van der Waals surface area contributed by atoms with E-state index in [1.807, 2.05) is 0 Å². The molecular weight excluding hydrogens is 277 g/mol. The monoisotopic (exact) mass is 283 g/mol. The standard InChI is InChI=1S/C11H7BrFNO2/c1-16-11(15)9-5-2-6-8(13)4-3-7(12)10(6)14-9/h2-5H,1H3. The van der Waals surface area contributed by atoms with E-state index in [0.717, 1.165) is 0 Å². The molecule has 0 spiro atoms. The average molecular weight is 284 g/mol. The van der Waals surface area contributed by atoms with Crippen molar-refractivity contribution in [3.8, 4) is 0 Å². The van der Waals surface area contributed by atoms with Gasteiger partial charge in [0.25, 0.3) is 0 Å². The van der Waals surface area contributed by atoms with Gasteiger partial charge in [-0.1, -0.05) is 0 Å². The van der Waals surface area contributed by atoms with Crippen molar-refractivity contribution in [3.05, 3.63) is 40.2 Å². The zero-order valence-corrected chi connectivity index (χ0v) is 9.92. The van der Waals surface area contributed by atoms with Gasteiger partial charge in [0.05, 0.1) is 12.6 Å². The largest absolute Gasteiger partial charge is 0.464 e. The maximum absolute atomic E-state index is 13.4. The van der Waals surface area contributed by atoms with Crippen molar-refractivity contribution in [2.75, 3.05) is 7.11 Å². The fourth-order valence-electron chi connectivity index (χ4n) is 1.37. The van der Waals surface area contributed by atoms with Gasteiger partial charge in [0.15, 0.2) is 0 Å². The molecule has 0 bridgehead atoms. The van der Waals surface area contributed by atoms with E-state index in [4.69, 9.17) is 0 Å². The number of esters is 1. The number of hydrogen-bond acceptors (Lipinski definition) is 3. The minimum absolute atomic E-state index is 0.154. The van der Waals surface area contributed by atoms with Crippen LogP contribution in [0.15, 0.2) is 28.7 Å². The molecule has 0 saturated heterocycles. The summed E-state index contributed by atoms with van der Waals surface area (Å²) >= 11 is 3.25. The van der Waals surface area contributed by atoms with Crippen LogP contribution >= 0.6 is 15.9 Å². The molecule has 0 atom stereocenters. The lowest BCUT2D eigenvalue weighted by atomic mass is 10.2. The van der Waals surface area contributed by atoms with Gasteiger partial charge >= 0.3 is 5.97 Å². The summed E-state index contributed by atoms with van der Waals surface area (Å²) in [4.78, 5) is 15.3. The van der Waals surface area contributed by atoms with E-state index in [1.54, 1.807) is 6.07 Å². The summed E-state index contributed by atoms with van der Waals surface area (Å²) in [6.07, 6.45) is 0. The second-order valence-corrected chi connectivity index (χ2v) is 3.97. The maximum Gasteiger partial charge on any atom is 0.356 e. The Morgan fingerprint density at radius 3 is 2.81 bits per heavy atom. The second-order valence-electron chi connectivity index (χ2n) is 3.11. The number of rotatable bonds is 1. The minimum atomic E-state index is -0.543. The van der Waals surface area contributed by atoms with Crippen molar-refractivity contribution in [2.45, 2.75) is 0 Å². The van der Waals surface area contributed by atoms with Crippen molar-refractivity contribution in [3.63, 3.8) is 0 Å². The zero-order valence-electron chi connectivity index (χ0n) is 8.33. The number of hydrogen-bond donors (Lipinski definition) is 0. The van der Waals surface area contributed by atoms with Gasteiger partial charge in [-0.15, -0.1) is 0 Å². The number of halogens is 2. The second kappa shape index (κ2) is 4.17. The summed E-state index contributed by atoms with van der Waals surface area (Å²) in [5.74, 6) is -0.917. The topological polar surface area (TPSA) is 39.2 Å². The fraction of sp³-hybridized carbons (Fsp3) is 0.0909. The van der Waals surface area contributed by atoms with Crippen LogP contribution in [0, 0.1) is 5.82 Å². The predicted octanol–water partition coefficient (Wildman–Crippen LogP) is 2.92.